The van der Waals surface area contributed by atoms with Crippen LogP contribution in [-0.2, 0) is 0 Å². The second-order valence-electron chi connectivity index (χ2n) is 4.65. The van der Waals surface area contributed by atoms with Gasteiger partial charge in [-0.25, -0.2) is 4.98 Å². The minimum Gasteiger partial charge on any atom is -0.310 e. The largest absolute Gasteiger partial charge is 0.310 e. The highest BCUT2D eigenvalue weighted by molar-refractivity contribution is 5.18. The van der Waals surface area contributed by atoms with Crippen LogP contribution in [0.4, 0.5) is 0 Å². The molecule has 2 aliphatic carbocycles. The van der Waals surface area contributed by atoms with Crippen LogP contribution in [0.3, 0.4) is 0 Å². The molecule has 0 spiro atoms. The Balaban J connectivity index is 1.99. The molecule has 0 aromatic carbocycles. The molecule has 2 fully saturated rings. The van der Waals surface area contributed by atoms with E-state index in [-0.39, 0.29) is 5.56 Å². The van der Waals surface area contributed by atoms with E-state index in [0.717, 1.165) is 11.5 Å². The Hall–Kier alpha value is -1.12. The third kappa shape index (κ3) is 1.37. The molecule has 0 saturated heterocycles. The summed E-state index contributed by atoms with van der Waals surface area (Å²) in [5, 5.41) is 0. The molecule has 1 aromatic heterocycles. The highest BCUT2D eigenvalue weighted by Gasteiger charge is 2.37. The summed E-state index contributed by atoms with van der Waals surface area (Å²) in [5.74, 6) is 2.71. The Labute approximate surface area is 82.6 Å². The Bertz CT molecular complexity index is 420. The third-order valence-corrected chi connectivity index (χ3v) is 3.24. The van der Waals surface area contributed by atoms with Crippen molar-refractivity contribution in [3.05, 3.63) is 27.9 Å². The standard InChI is InChI=1S/C11H14N2O/c1-6-4-8(6)11-12-9(7-2-3-7)5-10(14)13-11/h5-8H,2-4H2,1H3,(H,12,13,14). The van der Waals surface area contributed by atoms with E-state index < -0.39 is 0 Å². The molecule has 1 heterocycles. The zero-order chi connectivity index (χ0) is 9.71. The van der Waals surface area contributed by atoms with E-state index in [0.29, 0.717) is 17.8 Å². The predicted molar refractivity (Wildman–Crippen MR) is 53.4 cm³/mol. The fourth-order valence-corrected chi connectivity index (χ4v) is 1.96. The minimum absolute atomic E-state index is 0.0241. The maximum Gasteiger partial charge on any atom is 0.251 e. The molecule has 14 heavy (non-hydrogen) atoms. The van der Waals surface area contributed by atoms with Crippen molar-refractivity contribution in [3.63, 3.8) is 0 Å². The monoisotopic (exact) mass is 190 g/mol. The predicted octanol–water partition coefficient (Wildman–Crippen LogP) is 1.77. The molecular weight excluding hydrogens is 176 g/mol. The van der Waals surface area contributed by atoms with Crippen LogP contribution in [0.5, 0.6) is 0 Å². The molecular formula is C11H14N2O. The van der Waals surface area contributed by atoms with E-state index in [1.807, 2.05) is 0 Å². The summed E-state index contributed by atoms with van der Waals surface area (Å²) in [7, 11) is 0. The van der Waals surface area contributed by atoms with Gasteiger partial charge in [-0.05, 0) is 25.2 Å². The zero-order valence-electron chi connectivity index (χ0n) is 8.29. The van der Waals surface area contributed by atoms with Gasteiger partial charge in [0, 0.05) is 17.9 Å². The lowest BCUT2D eigenvalue weighted by Crippen LogP contribution is -2.12. The van der Waals surface area contributed by atoms with Gasteiger partial charge in [0.25, 0.3) is 5.56 Å². The maximum absolute atomic E-state index is 11.4. The molecule has 2 aliphatic rings. The first-order chi connectivity index (χ1) is 6.74. The Kier molecular flexibility index (Phi) is 1.58. The quantitative estimate of drug-likeness (QED) is 0.772. The van der Waals surface area contributed by atoms with Crippen LogP contribution < -0.4 is 5.56 Å². The van der Waals surface area contributed by atoms with E-state index in [1.165, 1.54) is 19.3 Å². The van der Waals surface area contributed by atoms with Gasteiger partial charge in [-0.3, -0.25) is 4.79 Å². The fraction of sp³-hybridized carbons (Fsp3) is 0.636. The van der Waals surface area contributed by atoms with Crippen molar-refractivity contribution < 1.29 is 0 Å². The van der Waals surface area contributed by atoms with Crippen molar-refractivity contribution in [2.24, 2.45) is 5.92 Å². The van der Waals surface area contributed by atoms with Crippen molar-refractivity contribution in [1.29, 1.82) is 0 Å². The molecule has 74 valence electrons. The zero-order valence-corrected chi connectivity index (χ0v) is 8.29. The first-order valence-corrected chi connectivity index (χ1v) is 5.35. The Morgan fingerprint density at radius 1 is 1.50 bits per heavy atom. The van der Waals surface area contributed by atoms with E-state index in [2.05, 4.69) is 16.9 Å². The van der Waals surface area contributed by atoms with Crippen LogP contribution in [0.15, 0.2) is 10.9 Å². The smallest absolute Gasteiger partial charge is 0.251 e. The van der Waals surface area contributed by atoms with Crippen molar-refractivity contribution in [2.45, 2.75) is 38.0 Å². The molecule has 0 bridgehead atoms. The molecule has 3 heteroatoms. The molecule has 3 nitrogen and oxygen atoms in total. The van der Waals surface area contributed by atoms with Gasteiger partial charge < -0.3 is 4.98 Å². The summed E-state index contributed by atoms with van der Waals surface area (Å²) < 4.78 is 0. The van der Waals surface area contributed by atoms with Crippen LogP contribution in [0.2, 0.25) is 0 Å². The normalized spacial score (nSPS) is 30.4. The molecule has 0 amide bonds. The summed E-state index contributed by atoms with van der Waals surface area (Å²) in [5.41, 5.74) is 1.04. The lowest BCUT2D eigenvalue weighted by atomic mass is 10.2. The summed E-state index contributed by atoms with van der Waals surface area (Å²) in [6.45, 7) is 2.20. The topological polar surface area (TPSA) is 45.8 Å². The highest BCUT2D eigenvalue weighted by Crippen LogP contribution is 2.46. The van der Waals surface area contributed by atoms with E-state index in [4.69, 9.17) is 0 Å². The van der Waals surface area contributed by atoms with E-state index >= 15 is 0 Å². The average molecular weight is 190 g/mol. The Morgan fingerprint density at radius 2 is 2.21 bits per heavy atom. The van der Waals surface area contributed by atoms with Crippen molar-refractivity contribution in [3.8, 4) is 0 Å². The van der Waals surface area contributed by atoms with Crippen LogP contribution in [0, 0.1) is 5.92 Å². The van der Waals surface area contributed by atoms with Gasteiger partial charge in [0.15, 0.2) is 0 Å². The first kappa shape index (κ1) is 8.21. The van der Waals surface area contributed by atoms with Crippen LogP contribution >= 0.6 is 0 Å². The number of nitrogens with zero attached hydrogens (tertiary/aromatic N) is 1. The first-order valence-electron chi connectivity index (χ1n) is 5.35. The van der Waals surface area contributed by atoms with Crippen molar-refractivity contribution in [1.82, 2.24) is 9.97 Å². The van der Waals surface area contributed by atoms with E-state index in [9.17, 15) is 4.79 Å². The number of rotatable bonds is 2. The van der Waals surface area contributed by atoms with Gasteiger partial charge >= 0.3 is 0 Å². The number of aromatic amines is 1. The van der Waals surface area contributed by atoms with Gasteiger partial charge in [0.2, 0.25) is 0 Å². The van der Waals surface area contributed by atoms with Crippen molar-refractivity contribution >= 4 is 0 Å². The van der Waals surface area contributed by atoms with E-state index in [1.54, 1.807) is 6.07 Å². The number of hydrogen-bond donors (Lipinski definition) is 1. The summed E-state index contributed by atoms with van der Waals surface area (Å²) >= 11 is 0. The number of H-pyrrole nitrogens is 1. The maximum atomic E-state index is 11.4. The minimum atomic E-state index is 0.0241. The van der Waals surface area contributed by atoms with Gasteiger partial charge in [-0.2, -0.15) is 0 Å². The molecule has 0 radical (unpaired) electrons. The second kappa shape index (κ2) is 2.69. The molecule has 1 N–H and O–H groups in total. The molecule has 2 unspecified atom stereocenters. The van der Waals surface area contributed by atoms with Gasteiger partial charge in [0.1, 0.15) is 5.82 Å². The lowest BCUT2D eigenvalue weighted by molar-refractivity contribution is 0.808. The van der Waals surface area contributed by atoms with Gasteiger partial charge in [-0.15, -0.1) is 0 Å². The van der Waals surface area contributed by atoms with Crippen molar-refractivity contribution in [2.75, 3.05) is 0 Å². The van der Waals surface area contributed by atoms with Crippen LogP contribution in [-0.4, -0.2) is 9.97 Å². The summed E-state index contributed by atoms with van der Waals surface area (Å²) in [4.78, 5) is 18.8. The SMILES string of the molecule is CC1CC1c1nc(C2CC2)cc(=O)[nH]1. The fourth-order valence-electron chi connectivity index (χ4n) is 1.96. The molecule has 2 saturated carbocycles. The number of nitrogens with one attached hydrogen (secondary N) is 1. The lowest BCUT2D eigenvalue weighted by Gasteiger charge is -2.01. The number of hydrogen-bond acceptors (Lipinski definition) is 2. The van der Waals surface area contributed by atoms with Gasteiger partial charge in [0.05, 0.1) is 5.69 Å². The number of aromatic nitrogens is 2. The molecule has 3 rings (SSSR count). The summed E-state index contributed by atoms with van der Waals surface area (Å²) in [6, 6.07) is 1.66. The molecule has 1 aromatic rings. The highest BCUT2D eigenvalue weighted by atomic mass is 16.1. The van der Waals surface area contributed by atoms with Gasteiger partial charge in [-0.1, -0.05) is 6.92 Å². The summed E-state index contributed by atoms with van der Waals surface area (Å²) in [6.07, 6.45) is 3.59. The molecule has 0 aliphatic heterocycles. The second-order valence-corrected chi connectivity index (χ2v) is 4.65. The third-order valence-electron chi connectivity index (χ3n) is 3.24. The average Bonchev–Trinajstić information content (AvgIpc) is 2.96. The van der Waals surface area contributed by atoms with Crippen LogP contribution in [0.25, 0.3) is 0 Å². The molecule has 2 atom stereocenters. The van der Waals surface area contributed by atoms with Crippen LogP contribution in [0.1, 0.15) is 49.5 Å². The Morgan fingerprint density at radius 3 is 2.79 bits per heavy atom.